The van der Waals surface area contributed by atoms with Crippen molar-refractivity contribution in [1.29, 1.82) is 0 Å². The number of rotatable bonds is 5. The van der Waals surface area contributed by atoms with Crippen molar-refractivity contribution >= 4 is 30.5 Å². The van der Waals surface area contributed by atoms with Crippen molar-refractivity contribution in [1.82, 2.24) is 0 Å². The summed E-state index contributed by atoms with van der Waals surface area (Å²) in [7, 11) is 1.24. The molecule has 0 saturated carbocycles. The van der Waals surface area contributed by atoms with Gasteiger partial charge in [0.1, 0.15) is 0 Å². The van der Waals surface area contributed by atoms with E-state index < -0.39 is 11.2 Å². The van der Waals surface area contributed by atoms with Crippen LogP contribution in [0.15, 0.2) is 35.9 Å². The van der Waals surface area contributed by atoms with Crippen molar-refractivity contribution in [2.45, 2.75) is 18.6 Å². The lowest BCUT2D eigenvalue weighted by Gasteiger charge is -2.09. The number of hydrogen-bond donors (Lipinski definition) is 1. The number of hydrogen-bond acceptors (Lipinski definition) is 4. The first-order valence-electron chi connectivity index (χ1n) is 5.65. The van der Waals surface area contributed by atoms with Crippen LogP contribution < -0.4 is 0 Å². The van der Waals surface area contributed by atoms with Crippen LogP contribution in [0.4, 0.5) is 0 Å². The molecule has 1 unspecified atom stereocenters. The summed E-state index contributed by atoms with van der Waals surface area (Å²) in [5.41, 5.74) is 1.49. The summed E-state index contributed by atoms with van der Waals surface area (Å²) < 4.78 is 4.51. The number of benzene rings is 1. The fourth-order valence-corrected chi connectivity index (χ4v) is 1.76. The fraction of sp³-hybridized carbons (Fsp3) is 0.286. The average molecular weight is 264 g/mol. The second-order valence-electron chi connectivity index (χ2n) is 3.72. The van der Waals surface area contributed by atoms with E-state index in [-0.39, 0.29) is 5.78 Å². The fourth-order valence-electron chi connectivity index (χ4n) is 1.49. The van der Waals surface area contributed by atoms with E-state index >= 15 is 0 Å². The van der Waals surface area contributed by atoms with Crippen molar-refractivity contribution in [2.24, 2.45) is 0 Å². The molecular formula is C14H16O3S. The Morgan fingerprint density at radius 2 is 1.94 bits per heavy atom. The highest BCUT2D eigenvalue weighted by atomic mass is 32.1. The zero-order valence-corrected chi connectivity index (χ0v) is 11.3. The van der Waals surface area contributed by atoms with Crippen LogP contribution in [-0.4, -0.2) is 24.1 Å². The second kappa shape index (κ2) is 7.01. The summed E-state index contributed by atoms with van der Waals surface area (Å²) in [6, 6.07) is 9.48. The average Bonchev–Trinajstić information content (AvgIpc) is 2.43. The summed E-state index contributed by atoms with van der Waals surface area (Å²) in [5.74, 6) is -0.938. The van der Waals surface area contributed by atoms with Gasteiger partial charge in [0.25, 0.3) is 0 Å². The quantitative estimate of drug-likeness (QED) is 0.384. The summed E-state index contributed by atoms with van der Waals surface area (Å²) in [4.78, 5) is 23.3. The zero-order valence-electron chi connectivity index (χ0n) is 10.4. The molecule has 1 aromatic rings. The molecule has 0 spiro atoms. The van der Waals surface area contributed by atoms with Crippen molar-refractivity contribution in [3.8, 4) is 0 Å². The van der Waals surface area contributed by atoms with Gasteiger partial charge in [-0.2, -0.15) is 12.6 Å². The number of ether oxygens (including phenoxy) is 1. The first kappa shape index (κ1) is 14.5. The number of Topliss-reactive ketones (excluding diaryl/α,β-unsaturated/α-hetero) is 1. The number of methoxy groups -OCH3 is 1. The van der Waals surface area contributed by atoms with Gasteiger partial charge in [-0.05, 0) is 23.6 Å². The van der Waals surface area contributed by atoms with Gasteiger partial charge in [-0.25, -0.2) is 0 Å². The van der Waals surface area contributed by atoms with E-state index in [9.17, 15) is 9.59 Å². The normalized spacial score (nSPS) is 12.9. The predicted molar refractivity (Wildman–Crippen MR) is 74.5 cm³/mol. The van der Waals surface area contributed by atoms with Crippen LogP contribution in [0.2, 0.25) is 0 Å². The molecule has 0 fully saturated rings. The van der Waals surface area contributed by atoms with Crippen LogP contribution in [0.3, 0.4) is 0 Å². The second-order valence-corrected chi connectivity index (χ2v) is 4.24. The summed E-state index contributed by atoms with van der Waals surface area (Å²) in [6.07, 6.45) is 2.32. The molecular weight excluding hydrogens is 248 g/mol. The Balaban J connectivity index is 2.94. The van der Waals surface area contributed by atoms with E-state index in [0.717, 1.165) is 5.56 Å². The van der Waals surface area contributed by atoms with Gasteiger partial charge in [0.2, 0.25) is 0 Å². The zero-order chi connectivity index (χ0) is 13.5. The molecule has 1 rings (SSSR count). The van der Waals surface area contributed by atoms with Gasteiger partial charge in [-0.15, -0.1) is 0 Å². The molecule has 0 aliphatic heterocycles. The third kappa shape index (κ3) is 3.74. The molecule has 1 atom stereocenters. The van der Waals surface area contributed by atoms with Gasteiger partial charge >= 0.3 is 5.97 Å². The maximum absolute atomic E-state index is 12.0. The maximum Gasteiger partial charge on any atom is 0.326 e. The van der Waals surface area contributed by atoms with Gasteiger partial charge in [0.05, 0.1) is 7.11 Å². The molecule has 18 heavy (non-hydrogen) atoms. The smallest absolute Gasteiger partial charge is 0.326 e. The summed E-state index contributed by atoms with van der Waals surface area (Å²) in [5, 5.41) is -1.05. The van der Waals surface area contributed by atoms with Crippen molar-refractivity contribution in [3.05, 3.63) is 41.5 Å². The van der Waals surface area contributed by atoms with Crippen LogP contribution in [0.5, 0.6) is 0 Å². The van der Waals surface area contributed by atoms with E-state index in [0.29, 0.717) is 12.0 Å². The molecule has 96 valence electrons. The standard InChI is InChI=1S/C14H16O3S/c1-3-11(9-10-7-5-4-6-8-10)12(15)13(18)14(16)17-2/h4-9,13,18H,3H2,1-2H3. The van der Waals surface area contributed by atoms with Crippen LogP contribution in [0.1, 0.15) is 18.9 Å². The Hall–Kier alpha value is -1.55. The van der Waals surface area contributed by atoms with E-state index in [4.69, 9.17) is 0 Å². The van der Waals surface area contributed by atoms with Crippen LogP contribution in [0, 0.1) is 0 Å². The lowest BCUT2D eigenvalue weighted by atomic mass is 10.0. The number of ketones is 1. The van der Waals surface area contributed by atoms with Gasteiger partial charge in [0.15, 0.2) is 11.0 Å². The molecule has 0 radical (unpaired) electrons. The van der Waals surface area contributed by atoms with Gasteiger partial charge in [-0.1, -0.05) is 37.3 Å². The van der Waals surface area contributed by atoms with Crippen molar-refractivity contribution in [3.63, 3.8) is 0 Å². The van der Waals surface area contributed by atoms with Gasteiger partial charge in [-0.3, -0.25) is 9.59 Å². The van der Waals surface area contributed by atoms with E-state index in [1.807, 2.05) is 37.3 Å². The molecule has 0 amide bonds. The highest BCUT2D eigenvalue weighted by molar-refractivity contribution is 7.82. The summed E-state index contributed by atoms with van der Waals surface area (Å²) in [6.45, 7) is 1.87. The molecule has 3 nitrogen and oxygen atoms in total. The third-order valence-electron chi connectivity index (χ3n) is 2.51. The maximum atomic E-state index is 12.0. The highest BCUT2D eigenvalue weighted by Crippen LogP contribution is 2.15. The topological polar surface area (TPSA) is 43.4 Å². The van der Waals surface area contributed by atoms with E-state index in [1.54, 1.807) is 6.08 Å². The number of thiol groups is 1. The minimum atomic E-state index is -1.05. The monoisotopic (exact) mass is 264 g/mol. The van der Waals surface area contributed by atoms with Gasteiger partial charge < -0.3 is 4.74 Å². The molecule has 0 saturated heterocycles. The molecule has 0 heterocycles. The Morgan fingerprint density at radius 1 is 1.33 bits per heavy atom. The largest absolute Gasteiger partial charge is 0.468 e. The summed E-state index contributed by atoms with van der Waals surface area (Å²) >= 11 is 3.99. The molecule has 0 N–H and O–H groups in total. The van der Waals surface area contributed by atoms with E-state index in [1.165, 1.54) is 7.11 Å². The Bertz CT molecular complexity index is 451. The molecule has 0 aliphatic carbocycles. The number of carbonyl (C=O) groups is 2. The predicted octanol–water partition coefficient (Wildman–Crippen LogP) is 2.52. The lowest BCUT2D eigenvalue weighted by Crippen LogP contribution is -2.27. The van der Waals surface area contributed by atoms with E-state index in [2.05, 4.69) is 17.4 Å². The minimum Gasteiger partial charge on any atom is -0.468 e. The molecule has 0 bridgehead atoms. The minimum absolute atomic E-state index is 0.309. The highest BCUT2D eigenvalue weighted by Gasteiger charge is 2.25. The number of esters is 1. The molecule has 0 aliphatic rings. The van der Waals surface area contributed by atoms with Crippen LogP contribution in [-0.2, 0) is 14.3 Å². The third-order valence-corrected chi connectivity index (χ3v) is 2.96. The first-order chi connectivity index (χ1) is 8.60. The number of allylic oxidation sites excluding steroid dienone is 1. The molecule has 1 aromatic carbocycles. The lowest BCUT2D eigenvalue weighted by molar-refractivity contribution is -0.141. The molecule has 4 heteroatoms. The Morgan fingerprint density at radius 3 is 2.44 bits per heavy atom. The van der Waals surface area contributed by atoms with Crippen molar-refractivity contribution in [2.75, 3.05) is 7.11 Å². The Kier molecular flexibility index (Phi) is 5.65. The first-order valence-corrected chi connectivity index (χ1v) is 6.17. The van der Waals surface area contributed by atoms with Gasteiger partial charge in [0, 0.05) is 0 Å². The molecule has 0 aromatic heterocycles. The number of carbonyl (C=O) groups excluding carboxylic acids is 2. The van der Waals surface area contributed by atoms with Crippen molar-refractivity contribution < 1.29 is 14.3 Å². The Labute approximate surface area is 112 Å². The SMILES string of the molecule is CCC(=Cc1ccccc1)C(=O)C(S)C(=O)OC. The van der Waals surface area contributed by atoms with Crippen LogP contribution >= 0.6 is 12.6 Å². The van der Waals surface area contributed by atoms with Crippen LogP contribution in [0.25, 0.3) is 6.08 Å².